The number of aliphatic hydroxyl groups excluding tert-OH is 1. The molecule has 1 N–H and O–H groups in total. The molecule has 1 unspecified atom stereocenters. The molecule has 4 nitrogen and oxygen atoms in total. The quantitative estimate of drug-likeness (QED) is 0.797. The number of nitrogens with zero attached hydrogens (tertiary/aromatic N) is 3. The lowest BCUT2D eigenvalue weighted by Gasteiger charge is -2.11. The Balaban J connectivity index is 2.06. The van der Waals surface area contributed by atoms with Crippen LogP contribution in [0.4, 0.5) is 0 Å². The van der Waals surface area contributed by atoms with Crippen LogP contribution in [0.5, 0.6) is 0 Å². The van der Waals surface area contributed by atoms with Crippen LogP contribution in [0.15, 0.2) is 43.0 Å². The van der Waals surface area contributed by atoms with Crippen LogP contribution in [0.25, 0.3) is 22.0 Å². The van der Waals surface area contributed by atoms with Crippen LogP contribution >= 0.6 is 0 Å². The molecule has 21 heavy (non-hydrogen) atoms. The summed E-state index contributed by atoms with van der Waals surface area (Å²) in [4.78, 5) is 13.0. The van der Waals surface area contributed by atoms with Crippen LogP contribution in [0.1, 0.15) is 30.7 Å². The van der Waals surface area contributed by atoms with Gasteiger partial charge in [-0.05, 0) is 37.1 Å². The molecule has 0 saturated carbocycles. The molecule has 3 aromatic rings. The van der Waals surface area contributed by atoms with Crippen molar-refractivity contribution in [3.63, 3.8) is 0 Å². The SMILES string of the molecule is CCC(O)c1cc(C)c(-c2cc3cnccc3cn2)cn1. The van der Waals surface area contributed by atoms with Crippen LogP contribution < -0.4 is 0 Å². The van der Waals surface area contributed by atoms with Crippen molar-refractivity contribution in [1.82, 2.24) is 15.0 Å². The molecule has 0 amide bonds. The molecule has 0 radical (unpaired) electrons. The van der Waals surface area contributed by atoms with Crippen LogP contribution in [0, 0.1) is 6.92 Å². The van der Waals surface area contributed by atoms with E-state index in [4.69, 9.17) is 0 Å². The van der Waals surface area contributed by atoms with E-state index in [1.807, 2.05) is 44.4 Å². The molecule has 3 heterocycles. The summed E-state index contributed by atoms with van der Waals surface area (Å²) in [7, 11) is 0. The molecule has 0 aromatic carbocycles. The second kappa shape index (κ2) is 5.58. The third-order valence-electron chi connectivity index (χ3n) is 3.66. The standard InChI is InChI=1S/C17H17N3O/c1-3-17(21)16-6-11(2)14(10-20-16)15-7-13-8-18-5-4-12(13)9-19-15/h4-10,17,21H,3H2,1-2H3. The van der Waals surface area contributed by atoms with Crippen molar-refractivity contribution in [2.75, 3.05) is 0 Å². The highest BCUT2D eigenvalue weighted by molar-refractivity contribution is 5.84. The number of aromatic nitrogens is 3. The lowest BCUT2D eigenvalue weighted by atomic mass is 10.0. The first-order chi connectivity index (χ1) is 10.2. The highest BCUT2D eigenvalue weighted by Gasteiger charge is 2.10. The van der Waals surface area contributed by atoms with E-state index in [0.717, 1.165) is 27.6 Å². The maximum Gasteiger partial charge on any atom is 0.0957 e. The summed E-state index contributed by atoms with van der Waals surface area (Å²) in [5.41, 5.74) is 3.62. The van der Waals surface area contributed by atoms with Gasteiger partial charge in [0.25, 0.3) is 0 Å². The topological polar surface area (TPSA) is 58.9 Å². The summed E-state index contributed by atoms with van der Waals surface area (Å²) in [6, 6.07) is 5.89. The summed E-state index contributed by atoms with van der Waals surface area (Å²) in [6.07, 6.45) is 7.38. The van der Waals surface area contributed by atoms with Crippen molar-refractivity contribution in [3.05, 3.63) is 54.2 Å². The van der Waals surface area contributed by atoms with E-state index in [1.165, 1.54) is 0 Å². The summed E-state index contributed by atoms with van der Waals surface area (Å²) < 4.78 is 0. The van der Waals surface area contributed by atoms with Gasteiger partial charge in [-0.25, -0.2) is 0 Å². The zero-order valence-electron chi connectivity index (χ0n) is 12.1. The minimum atomic E-state index is -0.508. The van der Waals surface area contributed by atoms with E-state index >= 15 is 0 Å². The Labute approximate surface area is 123 Å². The van der Waals surface area contributed by atoms with Crippen molar-refractivity contribution in [1.29, 1.82) is 0 Å². The Hall–Kier alpha value is -2.33. The van der Waals surface area contributed by atoms with Crippen LogP contribution in [-0.4, -0.2) is 20.1 Å². The predicted octanol–water partition coefficient (Wildman–Crippen LogP) is 3.44. The number of hydrogen-bond donors (Lipinski definition) is 1. The third kappa shape index (κ3) is 2.62. The first-order valence-corrected chi connectivity index (χ1v) is 7.03. The Morgan fingerprint density at radius 1 is 1.10 bits per heavy atom. The molecule has 0 spiro atoms. The van der Waals surface area contributed by atoms with Gasteiger partial charge in [0.1, 0.15) is 0 Å². The first kappa shape index (κ1) is 13.6. The molecule has 1 atom stereocenters. The summed E-state index contributed by atoms with van der Waals surface area (Å²) in [5, 5.41) is 12.0. The molecule has 106 valence electrons. The lowest BCUT2D eigenvalue weighted by molar-refractivity contribution is 0.169. The van der Waals surface area contributed by atoms with E-state index in [-0.39, 0.29) is 0 Å². The molecule has 0 fully saturated rings. The monoisotopic (exact) mass is 279 g/mol. The molecule has 0 aliphatic carbocycles. The molecule has 0 aliphatic rings. The van der Waals surface area contributed by atoms with Crippen LogP contribution in [0.3, 0.4) is 0 Å². The molecule has 0 saturated heterocycles. The molecule has 4 heteroatoms. The van der Waals surface area contributed by atoms with Gasteiger partial charge in [-0.2, -0.15) is 0 Å². The molecule has 3 aromatic heterocycles. The maximum absolute atomic E-state index is 9.87. The predicted molar refractivity (Wildman–Crippen MR) is 82.8 cm³/mol. The molecular formula is C17H17N3O. The summed E-state index contributed by atoms with van der Waals surface area (Å²) >= 11 is 0. The minimum Gasteiger partial charge on any atom is -0.387 e. The number of aliphatic hydroxyl groups is 1. The molecular weight excluding hydrogens is 262 g/mol. The summed E-state index contributed by atoms with van der Waals surface area (Å²) in [6.45, 7) is 3.95. The van der Waals surface area contributed by atoms with E-state index in [9.17, 15) is 5.11 Å². The smallest absolute Gasteiger partial charge is 0.0957 e. The van der Waals surface area contributed by atoms with Gasteiger partial charge in [-0.15, -0.1) is 0 Å². The molecule has 0 bridgehead atoms. The Morgan fingerprint density at radius 3 is 2.71 bits per heavy atom. The zero-order chi connectivity index (χ0) is 14.8. The molecule has 0 aliphatic heterocycles. The number of rotatable bonds is 3. The molecule has 3 rings (SSSR count). The average molecular weight is 279 g/mol. The van der Waals surface area contributed by atoms with Gasteiger partial charge in [-0.3, -0.25) is 15.0 Å². The van der Waals surface area contributed by atoms with Crippen LogP contribution in [0.2, 0.25) is 0 Å². The Bertz CT molecular complexity index is 786. The number of pyridine rings is 3. The van der Waals surface area contributed by atoms with Crippen molar-refractivity contribution < 1.29 is 5.11 Å². The van der Waals surface area contributed by atoms with Gasteiger partial charge in [0.2, 0.25) is 0 Å². The zero-order valence-corrected chi connectivity index (χ0v) is 12.1. The van der Waals surface area contributed by atoms with Gasteiger partial charge < -0.3 is 5.11 Å². The highest BCUT2D eigenvalue weighted by Crippen LogP contribution is 2.26. The average Bonchev–Trinajstić information content (AvgIpc) is 2.53. The van der Waals surface area contributed by atoms with Crippen molar-refractivity contribution in [3.8, 4) is 11.3 Å². The van der Waals surface area contributed by atoms with Crippen molar-refractivity contribution in [2.45, 2.75) is 26.4 Å². The number of aryl methyl sites for hydroxylation is 1. The van der Waals surface area contributed by atoms with Gasteiger partial charge in [0.15, 0.2) is 0 Å². The second-order valence-corrected chi connectivity index (χ2v) is 5.14. The Morgan fingerprint density at radius 2 is 1.95 bits per heavy atom. The third-order valence-corrected chi connectivity index (χ3v) is 3.66. The van der Waals surface area contributed by atoms with Crippen molar-refractivity contribution in [2.24, 2.45) is 0 Å². The highest BCUT2D eigenvalue weighted by atomic mass is 16.3. The largest absolute Gasteiger partial charge is 0.387 e. The minimum absolute atomic E-state index is 0.508. The van der Waals surface area contributed by atoms with E-state index in [1.54, 1.807) is 12.4 Å². The van der Waals surface area contributed by atoms with E-state index in [2.05, 4.69) is 15.0 Å². The maximum atomic E-state index is 9.87. The van der Waals surface area contributed by atoms with E-state index in [0.29, 0.717) is 12.1 Å². The first-order valence-electron chi connectivity index (χ1n) is 7.03. The van der Waals surface area contributed by atoms with E-state index < -0.39 is 6.10 Å². The normalized spacial score (nSPS) is 12.5. The number of fused-ring (bicyclic) bond motifs is 1. The lowest BCUT2D eigenvalue weighted by Crippen LogP contribution is -2.00. The van der Waals surface area contributed by atoms with Crippen molar-refractivity contribution >= 4 is 10.8 Å². The fourth-order valence-corrected chi connectivity index (χ4v) is 2.36. The number of hydrogen-bond acceptors (Lipinski definition) is 4. The fourth-order valence-electron chi connectivity index (χ4n) is 2.36. The van der Waals surface area contributed by atoms with Crippen LogP contribution in [-0.2, 0) is 0 Å². The van der Waals surface area contributed by atoms with Gasteiger partial charge in [-0.1, -0.05) is 6.92 Å². The van der Waals surface area contributed by atoms with Gasteiger partial charge in [0, 0.05) is 41.1 Å². The Kier molecular flexibility index (Phi) is 3.62. The summed E-state index contributed by atoms with van der Waals surface area (Å²) in [5.74, 6) is 0. The fraction of sp³-hybridized carbons (Fsp3) is 0.235. The second-order valence-electron chi connectivity index (χ2n) is 5.14. The van der Waals surface area contributed by atoms with Gasteiger partial charge >= 0.3 is 0 Å². The van der Waals surface area contributed by atoms with Gasteiger partial charge in [0.05, 0.1) is 17.5 Å².